The molecule has 0 aliphatic rings. The molecule has 0 atom stereocenters. The highest BCUT2D eigenvalue weighted by Crippen LogP contribution is 2.43. The zero-order valence-electron chi connectivity index (χ0n) is 59.3. The summed E-state index contributed by atoms with van der Waals surface area (Å²) in [5.74, 6) is -2.95. The van der Waals surface area contributed by atoms with Crippen molar-refractivity contribution in [1.29, 1.82) is 0 Å². The van der Waals surface area contributed by atoms with Gasteiger partial charge in [-0.1, -0.05) is 87.1 Å². The molecule has 530 valence electrons. The Morgan fingerprint density at radius 2 is 0.814 bits per heavy atom. The van der Waals surface area contributed by atoms with E-state index in [1.165, 1.54) is 54.6 Å². The summed E-state index contributed by atoms with van der Waals surface area (Å²) in [7, 11) is -1.00. The van der Waals surface area contributed by atoms with E-state index in [1.54, 1.807) is 90.9 Å². The van der Waals surface area contributed by atoms with E-state index in [4.69, 9.17) is 56.0 Å². The van der Waals surface area contributed by atoms with Crippen molar-refractivity contribution < 1.29 is 51.2 Å². The van der Waals surface area contributed by atoms with Gasteiger partial charge in [0.25, 0.3) is 0 Å². The van der Waals surface area contributed by atoms with Gasteiger partial charge in [-0.25, -0.2) is 65.0 Å². The summed E-state index contributed by atoms with van der Waals surface area (Å²) in [6.07, 6.45) is -0.377. The van der Waals surface area contributed by atoms with Crippen LogP contribution in [0.15, 0.2) is 109 Å². The Labute approximate surface area is 593 Å². The Morgan fingerprint density at radius 3 is 1.12 bits per heavy atom. The molecule has 2 amide bonds. The quantitative estimate of drug-likeness (QED) is 0.0668. The van der Waals surface area contributed by atoms with Crippen molar-refractivity contribution in [2.45, 2.75) is 148 Å². The number of H-pyrrole nitrogens is 1. The molecular formula is C79H81F7N12O4. The van der Waals surface area contributed by atoms with Crippen molar-refractivity contribution in [3.63, 3.8) is 0 Å². The maximum atomic E-state index is 14.8. The molecule has 16 nitrogen and oxygen atoms in total. The zero-order chi connectivity index (χ0) is 76.1. The molecule has 0 fully saturated rings. The molecule has 6 aromatic carbocycles. The predicted molar refractivity (Wildman–Crippen MR) is 386 cm³/mol. The molecule has 0 bridgehead atoms. The highest BCUT2D eigenvalue weighted by molar-refractivity contribution is 5.86. The molecule has 9 rings (SSSR count). The van der Waals surface area contributed by atoms with Crippen molar-refractivity contribution in [2.75, 3.05) is 7.15 Å². The summed E-state index contributed by atoms with van der Waals surface area (Å²) in [4.78, 5) is 46.5. The molecule has 3 heterocycles. The second-order valence-electron chi connectivity index (χ2n) is 24.8. The molecule has 0 saturated heterocycles. The minimum absolute atomic E-state index is 0. The van der Waals surface area contributed by atoms with Crippen LogP contribution in [0, 0.1) is 116 Å². The number of ether oxygens (including phenoxy) is 2. The van der Waals surface area contributed by atoms with E-state index < -0.39 is 53.8 Å². The highest BCUT2D eigenvalue weighted by atomic mass is 19.2. The van der Waals surface area contributed by atoms with Crippen molar-refractivity contribution in [3.05, 3.63) is 280 Å². The van der Waals surface area contributed by atoms with Gasteiger partial charge in [0, 0.05) is 100 Å². The molecule has 0 spiro atoms. The summed E-state index contributed by atoms with van der Waals surface area (Å²) < 4.78 is 114. The van der Waals surface area contributed by atoms with Crippen LogP contribution in [0.1, 0.15) is 125 Å². The Kier molecular flexibility index (Phi) is 29.1. The van der Waals surface area contributed by atoms with E-state index in [0.717, 1.165) is 46.0 Å². The molecule has 102 heavy (non-hydrogen) atoms. The van der Waals surface area contributed by atoms with Gasteiger partial charge in [-0.2, -0.15) is 0 Å². The minimum atomic E-state index is -1.00. The van der Waals surface area contributed by atoms with Crippen LogP contribution in [0.2, 0.25) is 0 Å². The molecular weight excluding hydrogens is 1310 g/mol. The molecule has 3 aromatic heterocycles. The number of halogens is 7. The Hall–Kier alpha value is -11.9. The average Bonchev–Trinajstić information content (AvgIpc) is 1.64. The second-order valence-corrected chi connectivity index (χ2v) is 24.8. The number of alkyl halides is 1. The molecule has 0 unspecified atom stereocenters. The first-order chi connectivity index (χ1) is 48.2. The van der Waals surface area contributed by atoms with E-state index in [-0.39, 0.29) is 55.8 Å². The number of nitrogens with two attached hydrogens (primary N) is 1. The van der Waals surface area contributed by atoms with Crippen LogP contribution in [0.5, 0.6) is 0 Å². The van der Waals surface area contributed by atoms with Crippen LogP contribution in [0.3, 0.4) is 0 Å². The van der Waals surface area contributed by atoms with Gasteiger partial charge in [-0.05, 0) is 159 Å². The molecule has 0 saturated carbocycles. The van der Waals surface area contributed by atoms with Gasteiger partial charge >= 0.3 is 12.2 Å². The average molecular weight is 1400 g/mol. The molecule has 0 aliphatic carbocycles. The third kappa shape index (κ3) is 21.1. The van der Waals surface area contributed by atoms with Crippen LogP contribution in [0.25, 0.3) is 62.5 Å². The lowest BCUT2D eigenvalue weighted by Crippen LogP contribution is -2.32. The fourth-order valence-corrected chi connectivity index (χ4v) is 10.7. The monoisotopic (exact) mass is 1400 g/mol. The molecule has 0 aliphatic heterocycles. The number of benzene rings is 6. The third-order valence-corrected chi connectivity index (χ3v) is 15.6. The normalized spacial score (nSPS) is 10.6. The molecule has 0 radical (unpaired) electrons. The Morgan fingerprint density at radius 1 is 0.480 bits per heavy atom. The number of nitrogens with one attached hydrogen (secondary N) is 3. The second kappa shape index (κ2) is 36.8. The number of nitrogens with zero attached hydrogens (tertiary/aromatic N) is 8. The van der Waals surface area contributed by atoms with Crippen LogP contribution in [-0.2, 0) is 48.6 Å². The number of carbonyl (C=O) groups excluding carboxylic acids is 2. The van der Waals surface area contributed by atoms with E-state index in [0.29, 0.717) is 91.5 Å². The molecule has 23 heteroatoms. The summed E-state index contributed by atoms with van der Waals surface area (Å²) in [6.45, 7) is 67.7. The van der Waals surface area contributed by atoms with Gasteiger partial charge in [-0.15, -0.1) is 0 Å². The number of hydrogen-bond acceptors (Lipinski definition) is 5. The SMILES string of the molecule is C.CCc1ccc(CNC(=O)OC(C)(C)C)c(F)c1.[2H]CF.[C-]#[N+]c1ccc(-c2c(C)[nH]c(C)c2[N+]#[C-])cc1F.[C-]#[N+]c1ccc(-c2c([N+]#[C-])c(C)n(Cc3ccc(CN)c(F)c3)c2C)cc1F.[C-]#[N+]c1ccc(-c2c([N+]#[C-])c(C)n(Cc3ccc(CNC(=O)OC(C)(C)C)c(F)c3)c2C)cc1F. The van der Waals surface area contributed by atoms with Gasteiger partial charge in [0.1, 0.15) is 46.1 Å². The van der Waals surface area contributed by atoms with E-state index in [2.05, 4.69) is 44.7 Å². The number of aromatic amines is 1. The standard InChI is InChI=1S/C27H26F2N4O2.C22H18F2N4.C14H10FN3.C14H20FNO2.CH3F.CH4/c1-16-24(19-10-11-23(30-6)22(29)13-19)25(31-7)17(2)33(16)15-18-8-9-20(21(28)12-18)14-32-26(34)35-27(3,4)5;1-13-21(16-7-8-20(26-3)19(24)10-16)22(27-4)14(2)28(13)12-15-5-6-17(11-25)18(23)9-15;1-8-13(14(17-4)9(2)18-8)10-5-6-12(16-3)11(15)7-10;1-5-10-6-7-11(12(15)8-10)9-16-13(17)18-14(2,3)4;1-2;/h8-13H,14-15H2,1-5H3,(H,32,34);5-10H,11-12,25H2,1-2H3;5-7,18H,1-2H3;6-8H,5,9H2,1-4H3,(H,16,17);1H3;1H4/i;;;;1D;. The lowest BCUT2D eigenvalue weighted by atomic mass is 10.0. The van der Waals surface area contributed by atoms with Gasteiger partial charge in [0.2, 0.25) is 34.1 Å². The maximum Gasteiger partial charge on any atom is 0.407 e. The topological polar surface area (TPSA) is 154 Å². The maximum absolute atomic E-state index is 14.8. The van der Waals surface area contributed by atoms with E-state index in [9.17, 15) is 40.3 Å². The molecule has 9 aromatic rings. The van der Waals surface area contributed by atoms with Crippen molar-refractivity contribution >= 4 is 46.3 Å². The predicted octanol–water partition coefficient (Wildman–Crippen LogP) is 22.1. The van der Waals surface area contributed by atoms with E-state index >= 15 is 0 Å². The van der Waals surface area contributed by atoms with Gasteiger partial charge in [-0.3, -0.25) is 4.39 Å². The van der Waals surface area contributed by atoms with Gasteiger partial charge < -0.3 is 40.0 Å². The van der Waals surface area contributed by atoms with Crippen LogP contribution in [-0.4, -0.2) is 44.7 Å². The summed E-state index contributed by atoms with van der Waals surface area (Å²) in [6, 6.07) is 27.8. The number of hydrogen-bond donors (Lipinski definition) is 4. The van der Waals surface area contributed by atoms with Crippen molar-refractivity contribution in [1.82, 2.24) is 24.8 Å². The smallest absolute Gasteiger partial charge is 0.407 e. The third-order valence-electron chi connectivity index (χ3n) is 15.6. The van der Waals surface area contributed by atoms with E-state index in [1.807, 2.05) is 62.8 Å². The van der Waals surface area contributed by atoms with Gasteiger partial charge in [0.15, 0.2) is 0 Å². The largest absolute Gasteiger partial charge is 0.444 e. The fraction of sp³-hybridized carbons (Fsp3) is 0.291. The van der Waals surface area contributed by atoms with Crippen LogP contribution >= 0.6 is 0 Å². The van der Waals surface area contributed by atoms with Crippen molar-refractivity contribution in [2.24, 2.45) is 5.73 Å². The summed E-state index contributed by atoms with van der Waals surface area (Å²) >= 11 is 0. The highest BCUT2D eigenvalue weighted by Gasteiger charge is 2.24. The van der Waals surface area contributed by atoms with Crippen LogP contribution < -0.4 is 16.4 Å². The first-order valence-corrected chi connectivity index (χ1v) is 31.2. The number of alkyl carbamates (subject to hydrolysis) is 2. The lowest BCUT2D eigenvalue weighted by molar-refractivity contribution is 0.0511. The Balaban J connectivity index is 0.000000297. The van der Waals surface area contributed by atoms with Crippen LogP contribution in [0.4, 0.5) is 74.4 Å². The summed E-state index contributed by atoms with van der Waals surface area (Å²) in [5, 5.41) is 5.08. The minimum Gasteiger partial charge on any atom is -0.444 e. The van der Waals surface area contributed by atoms with Crippen molar-refractivity contribution in [3.8, 4) is 33.4 Å². The zero-order valence-corrected chi connectivity index (χ0v) is 58.3. The molecule has 5 N–H and O–H groups in total. The lowest BCUT2D eigenvalue weighted by Gasteiger charge is -2.19. The first kappa shape index (κ1) is 80.8. The Bertz CT molecular complexity index is 4830. The first-order valence-electron chi connectivity index (χ1n) is 31.9. The van der Waals surface area contributed by atoms with Gasteiger partial charge in [0.05, 0.1) is 48.0 Å². The number of carbonyl (C=O) groups is 2. The number of aromatic nitrogens is 3. The summed E-state index contributed by atoms with van der Waals surface area (Å²) in [5.41, 5.74) is 17.2. The number of rotatable bonds is 13. The number of aryl methyl sites for hydroxylation is 3. The fourth-order valence-electron chi connectivity index (χ4n) is 10.7. The number of amides is 2.